The molecule has 0 radical (unpaired) electrons. The van der Waals surface area contributed by atoms with Crippen molar-refractivity contribution in [3.8, 4) is 0 Å². The van der Waals surface area contributed by atoms with Crippen molar-refractivity contribution >= 4 is 17.7 Å². The van der Waals surface area contributed by atoms with Crippen molar-refractivity contribution in [2.45, 2.75) is 53.4 Å². The number of hydrogen-bond donors (Lipinski definition) is 3. The highest BCUT2D eigenvalue weighted by atomic mass is 16.2. The zero-order valence-corrected chi connectivity index (χ0v) is 16.3. The molecule has 0 aliphatic rings. The van der Waals surface area contributed by atoms with Gasteiger partial charge in [0.2, 0.25) is 17.7 Å². The highest BCUT2D eigenvalue weighted by molar-refractivity contribution is 5.94. The van der Waals surface area contributed by atoms with Crippen molar-refractivity contribution in [3.05, 3.63) is 35.4 Å². The number of primary amides is 3. The van der Waals surface area contributed by atoms with Gasteiger partial charge >= 0.3 is 0 Å². The Bertz CT molecular complexity index is 677. The molecule has 0 saturated heterocycles. The Morgan fingerprint density at radius 2 is 1.50 bits per heavy atom. The standard InChI is InChI=1S/C20H31N3O3/c1-6-14(13-9-7-12(2)8-10-13)20(18(23)26,11-15(21)24)16(17(22)25)19(3,4)5/h7-10,14,16H,6,11H2,1-5H3,(H2,21,24)(H2,22,25)(H2,23,26)/t14-,16?,20?/m1/s1. The molecule has 3 atom stereocenters. The number of rotatable bonds is 8. The summed E-state index contributed by atoms with van der Waals surface area (Å²) in [6, 6.07) is 7.63. The number of benzene rings is 1. The van der Waals surface area contributed by atoms with Gasteiger partial charge in [-0.1, -0.05) is 57.5 Å². The summed E-state index contributed by atoms with van der Waals surface area (Å²) in [5, 5.41) is 0. The van der Waals surface area contributed by atoms with Crippen molar-refractivity contribution in [1.29, 1.82) is 0 Å². The van der Waals surface area contributed by atoms with Crippen LogP contribution in [0.1, 0.15) is 57.6 Å². The zero-order valence-electron chi connectivity index (χ0n) is 16.3. The molecule has 0 heterocycles. The van der Waals surface area contributed by atoms with Crippen molar-refractivity contribution in [1.82, 2.24) is 0 Å². The van der Waals surface area contributed by atoms with Gasteiger partial charge in [0.25, 0.3) is 0 Å². The van der Waals surface area contributed by atoms with Gasteiger partial charge in [-0.05, 0) is 30.2 Å². The third-order valence-electron chi connectivity index (χ3n) is 5.10. The van der Waals surface area contributed by atoms with E-state index in [1.54, 1.807) is 0 Å². The second-order valence-corrected chi connectivity index (χ2v) is 8.12. The minimum atomic E-state index is -1.50. The van der Waals surface area contributed by atoms with Gasteiger partial charge in [-0.25, -0.2) is 0 Å². The third-order valence-corrected chi connectivity index (χ3v) is 5.10. The van der Waals surface area contributed by atoms with Gasteiger partial charge < -0.3 is 17.2 Å². The predicted molar refractivity (Wildman–Crippen MR) is 102 cm³/mol. The lowest BCUT2D eigenvalue weighted by Crippen LogP contribution is -2.57. The van der Waals surface area contributed by atoms with Gasteiger partial charge in [-0.2, -0.15) is 0 Å². The van der Waals surface area contributed by atoms with Crippen molar-refractivity contribution in [3.63, 3.8) is 0 Å². The topological polar surface area (TPSA) is 129 Å². The van der Waals surface area contributed by atoms with E-state index in [4.69, 9.17) is 17.2 Å². The lowest BCUT2D eigenvalue weighted by Gasteiger charge is -2.47. The van der Waals surface area contributed by atoms with E-state index in [9.17, 15) is 14.4 Å². The van der Waals surface area contributed by atoms with Gasteiger partial charge in [0, 0.05) is 6.42 Å². The average Bonchev–Trinajstić information content (AvgIpc) is 2.46. The third kappa shape index (κ3) is 4.23. The normalized spacial score (nSPS) is 16.3. The summed E-state index contributed by atoms with van der Waals surface area (Å²) in [5.74, 6) is -3.51. The Labute approximate surface area is 155 Å². The van der Waals surface area contributed by atoms with Crippen LogP contribution in [0.5, 0.6) is 0 Å². The molecule has 6 N–H and O–H groups in total. The first-order valence-corrected chi connectivity index (χ1v) is 8.82. The molecule has 0 saturated carbocycles. The number of carbonyl (C=O) groups is 3. The van der Waals surface area contributed by atoms with Crippen molar-refractivity contribution in [2.75, 3.05) is 0 Å². The summed E-state index contributed by atoms with van der Waals surface area (Å²) < 4.78 is 0. The maximum Gasteiger partial charge on any atom is 0.225 e. The van der Waals surface area contributed by atoms with E-state index in [1.807, 2.05) is 58.9 Å². The van der Waals surface area contributed by atoms with Crippen LogP contribution in [0, 0.1) is 23.7 Å². The SMILES string of the molecule is CC[C@H](c1ccc(C)cc1)C(CC(N)=O)(C(N)=O)C(C(N)=O)C(C)(C)C. The van der Waals surface area contributed by atoms with Crippen molar-refractivity contribution < 1.29 is 14.4 Å². The second kappa shape index (κ2) is 7.89. The second-order valence-electron chi connectivity index (χ2n) is 8.12. The molecule has 1 rings (SSSR count). The summed E-state index contributed by atoms with van der Waals surface area (Å²) in [7, 11) is 0. The van der Waals surface area contributed by atoms with E-state index in [2.05, 4.69) is 0 Å². The van der Waals surface area contributed by atoms with Crippen LogP contribution in [0.25, 0.3) is 0 Å². The van der Waals surface area contributed by atoms with Crippen LogP contribution in [0.2, 0.25) is 0 Å². The average molecular weight is 361 g/mol. The fourth-order valence-electron chi connectivity index (χ4n) is 4.27. The van der Waals surface area contributed by atoms with Crippen LogP contribution < -0.4 is 17.2 Å². The maximum absolute atomic E-state index is 12.8. The summed E-state index contributed by atoms with van der Waals surface area (Å²) in [6.07, 6.45) is 0.165. The molecule has 0 bridgehead atoms. The molecule has 0 fully saturated rings. The molecule has 6 heteroatoms. The van der Waals surface area contributed by atoms with Crippen LogP contribution in [0.3, 0.4) is 0 Å². The van der Waals surface area contributed by atoms with Crippen LogP contribution in [0.15, 0.2) is 24.3 Å². The summed E-state index contributed by atoms with van der Waals surface area (Å²) in [5.41, 5.74) is 16.8. The molecule has 1 aromatic rings. The Hall–Kier alpha value is -2.37. The molecule has 6 nitrogen and oxygen atoms in total. The Morgan fingerprint density at radius 1 is 1.00 bits per heavy atom. The molecule has 0 spiro atoms. The smallest absolute Gasteiger partial charge is 0.225 e. The molecule has 26 heavy (non-hydrogen) atoms. The minimum Gasteiger partial charge on any atom is -0.370 e. The minimum absolute atomic E-state index is 0.334. The largest absolute Gasteiger partial charge is 0.370 e. The summed E-state index contributed by atoms with van der Waals surface area (Å²) in [6.45, 7) is 9.27. The van der Waals surface area contributed by atoms with Gasteiger partial charge in [-0.3, -0.25) is 14.4 Å². The lowest BCUT2D eigenvalue weighted by atomic mass is 9.54. The molecule has 2 unspecified atom stereocenters. The molecule has 3 amide bonds. The first-order valence-electron chi connectivity index (χ1n) is 8.82. The number of amides is 3. The monoisotopic (exact) mass is 361 g/mol. The van der Waals surface area contributed by atoms with Gasteiger partial charge in [0.15, 0.2) is 0 Å². The molecule has 0 aromatic heterocycles. The molecular formula is C20H31N3O3. The fourth-order valence-corrected chi connectivity index (χ4v) is 4.27. The van der Waals surface area contributed by atoms with Crippen LogP contribution in [-0.4, -0.2) is 17.7 Å². The van der Waals surface area contributed by atoms with Gasteiger partial charge in [0.05, 0.1) is 11.3 Å². The van der Waals surface area contributed by atoms with Crippen LogP contribution in [-0.2, 0) is 14.4 Å². The quantitative estimate of drug-likeness (QED) is 0.654. The van der Waals surface area contributed by atoms with E-state index < -0.39 is 40.4 Å². The first-order chi connectivity index (χ1) is 11.9. The van der Waals surface area contributed by atoms with Crippen LogP contribution in [0.4, 0.5) is 0 Å². The summed E-state index contributed by atoms with van der Waals surface area (Å²) >= 11 is 0. The lowest BCUT2D eigenvalue weighted by molar-refractivity contribution is -0.150. The molecule has 144 valence electrons. The number of nitrogens with two attached hydrogens (primary N) is 3. The number of carbonyl (C=O) groups excluding carboxylic acids is 3. The van der Waals surface area contributed by atoms with E-state index >= 15 is 0 Å². The van der Waals surface area contributed by atoms with E-state index in [-0.39, 0.29) is 6.42 Å². The Balaban J connectivity index is 3.80. The number of aryl methyl sites for hydroxylation is 1. The van der Waals surface area contributed by atoms with E-state index in [0.29, 0.717) is 6.42 Å². The van der Waals surface area contributed by atoms with Gasteiger partial charge in [-0.15, -0.1) is 0 Å². The van der Waals surface area contributed by atoms with E-state index in [1.165, 1.54) is 0 Å². The molecule has 1 aromatic carbocycles. The van der Waals surface area contributed by atoms with Gasteiger partial charge in [0.1, 0.15) is 0 Å². The molecule has 0 aliphatic heterocycles. The zero-order chi connectivity index (χ0) is 20.3. The maximum atomic E-state index is 12.8. The van der Waals surface area contributed by atoms with Crippen molar-refractivity contribution in [2.24, 2.45) is 33.9 Å². The molecular weight excluding hydrogens is 330 g/mol. The predicted octanol–water partition coefficient (Wildman–Crippen LogP) is 1.98. The first kappa shape index (κ1) is 21.7. The van der Waals surface area contributed by atoms with E-state index in [0.717, 1.165) is 11.1 Å². The fraction of sp³-hybridized carbons (Fsp3) is 0.550. The summed E-state index contributed by atoms with van der Waals surface area (Å²) in [4.78, 5) is 37.2. The Kier molecular flexibility index (Phi) is 6.58. The number of hydrogen-bond acceptors (Lipinski definition) is 3. The Morgan fingerprint density at radius 3 is 1.81 bits per heavy atom. The van der Waals surface area contributed by atoms with Crippen LogP contribution >= 0.6 is 0 Å². The molecule has 0 aliphatic carbocycles. The highest BCUT2D eigenvalue weighted by Crippen LogP contribution is 2.52. The highest BCUT2D eigenvalue weighted by Gasteiger charge is 2.57.